The lowest BCUT2D eigenvalue weighted by Crippen LogP contribution is -2.37. The van der Waals surface area contributed by atoms with E-state index in [1.54, 1.807) is 11.8 Å². The zero-order valence-electron chi connectivity index (χ0n) is 15.9. The van der Waals surface area contributed by atoms with Crippen LogP contribution in [-0.4, -0.2) is 38.4 Å². The predicted molar refractivity (Wildman–Crippen MR) is 106 cm³/mol. The zero-order valence-corrected chi connectivity index (χ0v) is 16.7. The Morgan fingerprint density at radius 2 is 2.04 bits per heavy atom. The molecule has 1 aromatic rings. The summed E-state index contributed by atoms with van der Waals surface area (Å²) >= 11 is 1.76. The summed E-state index contributed by atoms with van der Waals surface area (Å²) in [6.07, 6.45) is 5.45. The van der Waals surface area contributed by atoms with Gasteiger partial charge >= 0.3 is 5.97 Å². The van der Waals surface area contributed by atoms with E-state index in [0.717, 1.165) is 38.3 Å². The van der Waals surface area contributed by atoms with Crippen molar-refractivity contribution < 1.29 is 9.53 Å². The van der Waals surface area contributed by atoms with E-state index >= 15 is 0 Å². The fourth-order valence-electron chi connectivity index (χ4n) is 2.37. The summed E-state index contributed by atoms with van der Waals surface area (Å²) < 4.78 is 4.64. The number of ether oxygens (including phenoxy) is 1. The van der Waals surface area contributed by atoms with Crippen LogP contribution in [0.3, 0.4) is 0 Å². The molecule has 1 rings (SSSR count). The number of nitrogens with zero attached hydrogens (tertiary/aromatic N) is 1. The highest BCUT2D eigenvalue weighted by molar-refractivity contribution is 7.98. The molecule has 6 heteroatoms. The van der Waals surface area contributed by atoms with Crippen LogP contribution in [0.15, 0.2) is 28.1 Å². The van der Waals surface area contributed by atoms with Gasteiger partial charge in [-0.25, -0.2) is 4.99 Å². The van der Waals surface area contributed by atoms with Gasteiger partial charge in [0.2, 0.25) is 0 Å². The number of hydrogen-bond donors (Lipinski definition) is 2. The minimum absolute atomic E-state index is 0.134. The molecule has 0 aliphatic heterocycles. The van der Waals surface area contributed by atoms with Crippen molar-refractivity contribution in [1.82, 2.24) is 10.6 Å². The maximum absolute atomic E-state index is 11.1. The van der Waals surface area contributed by atoms with Gasteiger partial charge < -0.3 is 15.4 Å². The Morgan fingerprint density at radius 1 is 1.24 bits per heavy atom. The van der Waals surface area contributed by atoms with Crippen LogP contribution in [0.4, 0.5) is 0 Å². The average Bonchev–Trinajstić information content (AvgIpc) is 2.62. The zero-order chi connectivity index (χ0) is 18.5. The quantitative estimate of drug-likeness (QED) is 0.218. The van der Waals surface area contributed by atoms with Gasteiger partial charge in [-0.2, -0.15) is 0 Å². The maximum Gasteiger partial charge on any atom is 0.305 e. The van der Waals surface area contributed by atoms with E-state index in [1.165, 1.54) is 23.1 Å². The van der Waals surface area contributed by atoms with Crippen LogP contribution in [0, 0.1) is 6.92 Å². The van der Waals surface area contributed by atoms with Crippen molar-refractivity contribution >= 4 is 23.7 Å². The largest absolute Gasteiger partial charge is 0.469 e. The molecule has 0 fully saturated rings. The lowest BCUT2D eigenvalue weighted by atomic mass is 10.1. The van der Waals surface area contributed by atoms with E-state index in [-0.39, 0.29) is 5.97 Å². The molecule has 0 radical (unpaired) electrons. The van der Waals surface area contributed by atoms with E-state index in [4.69, 9.17) is 0 Å². The van der Waals surface area contributed by atoms with E-state index in [9.17, 15) is 4.79 Å². The van der Waals surface area contributed by atoms with Gasteiger partial charge in [-0.15, -0.1) is 11.8 Å². The number of carbonyl (C=O) groups excluding carboxylic acids is 1. The van der Waals surface area contributed by atoms with Crippen LogP contribution in [-0.2, 0) is 16.1 Å². The highest BCUT2D eigenvalue weighted by Crippen LogP contribution is 2.22. The average molecular weight is 366 g/mol. The molecule has 0 spiro atoms. The molecule has 0 heterocycles. The number of guanidine groups is 1. The highest BCUT2D eigenvalue weighted by Gasteiger charge is 2.03. The summed E-state index contributed by atoms with van der Waals surface area (Å²) in [5.41, 5.74) is 2.52. The van der Waals surface area contributed by atoms with Crippen molar-refractivity contribution in [3.05, 3.63) is 29.3 Å². The molecule has 0 aromatic heterocycles. The Kier molecular flexibility index (Phi) is 10.8. The first-order chi connectivity index (χ1) is 12.1. The van der Waals surface area contributed by atoms with Crippen molar-refractivity contribution in [1.29, 1.82) is 0 Å². The van der Waals surface area contributed by atoms with Gasteiger partial charge in [0.25, 0.3) is 0 Å². The van der Waals surface area contributed by atoms with Crippen molar-refractivity contribution in [2.24, 2.45) is 4.99 Å². The SMILES string of the molecule is CCNC(=NCc1ccc(C)cc1SC)NCCCCCC(=O)OC. The molecule has 2 N–H and O–H groups in total. The van der Waals surface area contributed by atoms with Gasteiger partial charge in [0.05, 0.1) is 13.7 Å². The summed E-state index contributed by atoms with van der Waals surface area (Å²) in [5.74, 6) is 0.702. The van der Waals surface area contributed by atoms with Crippen molar-refractivity contribution in [2.45, 2.75) is 51.0 Å². The standard InChI is InChI=1S/C19H31N3O2S/c1-5-20-19(21-12-8-6-7-9-18(23)24-3)22-14-16-11-10-15(2)13-17(16)25-4/h10-11,13H,5-9,12,14H2,1-4H3,(H2,20,21,22). The first kappa shape index (κ1) is 21.4. The second kappa shape index (κ2) is 12.6. The first-order valence-electron chi connectivity index (χ1n) is 8.83. The Hall–Kier alpha value is -1.69. The minimum Gasteiger partial charge on any atom is -0.469 e. The summed E-state index contributed by atoms with van der Waals surface area (Å²) in [6.45, 7) is 6.51. The highest BCUT2D eigenvalue weighted by atomic mass is 32.2. The summed E-state index contributed by atoms with van der Waals surface area (Å²) in [4.78, 5) is 17.0. The van der Waals surface area contributed by atoms with Gasteiger partial charge in [0, 0.05) is 24.4 Å². The number of thioether (sulfide) groups is 1. The van der Waals surface area contributed by atoms with Crippen LogP contribution in [0.25, 0.3) is 0 Å². The second-order valence-electron chi connectivity index (χ2n) is 5.82. The second-order valence-corrected chi connectivity index (χ2v) is 6.67. The van der Waals surface area contributed by atoms with Crippen molar-refractivity contribution in [2.75, 3.05) is 26.5 Å². The minimum atomic E-state index is -0.134. The normalized spacial score (nSPS) is 11.3. The fourth-order valence-corrected chi connectivity index (χ4v) is 3.07. The number of benzene rings is 1. The Morgan fingerprint density at radius 3 is 2.72 bits per heavy atom. The van der Waals surface area contributed by atoms with Crippen molar-refractivity contribution in [3.63, 3.8) is 0 Å². The fraction of sp³-hybridized carbons (Fsp3) is 0.579. The Balaban J connectivity index is 2.45. The lowest BCUT2D eigenvalue weighted by Gasteiger charge is -2.12. The molecule has 0 saturated heterocycles. The van der Waals surface area contributed by atoms with Gasteiger partial charge in [-0.1, -0.05) is 18.6 Å². The number of carbonyl (C=O) groups is 1. The van der Waals surface area contributed by atoms with Crippen LogP contribution in [0.5, 0.6) is 0 Å². The van der Waals surface area contributed by atoms with Gasteiger partial charge in [-0.05, 0) is 50.1 Å². The molecule has 0 saturated carbocycles. The lowest BCUT2D eigenvalue weighted by molar-refractivity contribution is -0.140. The molecule has 0 amide bonds. The van der Waals surface area contributed by atoms with Crippen LogP contribution in [0.2, 0.25) is 0 Å². The van der Waals surface area contributed by atoms with E-state index in [0.29, 0.717) is 13.0 Å². The summed E-state index contributed by atoms with van der Waals surface area (Å²) in [7, 11) is 1.43. The summed E-state index contributed by atoms with van der Waals surface area (Å²) in [6, 6.07) is 6.49. The van der Waals surface area contributed by atoms with Gasteiger partial charge in [0.1, 0.15) is 0 Å². The topological polar surface area (TPSA) is 62.7 Å². The maximum atomic E-state index is 11.1. The molecular formula is C19H31N3O2S. The number of unbranched alkanes of at least 4 members (excludes halogenated alkanes) is 2. The third kappa shape index (κ3) is 8.82. The number of rotatable bonds is 10. The van der Waals surface area contributed by atoms with Crippen LogP contribution in [0.1, 0.15) is 43.7 Å². The van der Waals surface area contributed by atoms with Crippen LogP contribution < -0.4 is 10.6 Å². The molecule has 0 bridgehead atoms. The third-order valence-electron chi connectivity index (χ3n) is 3.77. The number of aliphatic imine (C=N–C) groups is 1. The number of esters is 1. The molecule has 0 aliphatic rings. The number of hydrogen-bond acceptors (Lipinski definition) is 4. The molecule has 140 valence electrons. The molecular weight excluding hydrogens is 334 g/mol. The van der Waals surface area contributed by atoms with Gasteiger partial charge in [-0.3, -0.25) is 4.79 Å². The third-order valence-corrected chi connectivity index (χ3v) is 4.59. The first-order valence-corrected chi connectivity index (χ1v) is 10.1. The molecule has 0 atom stereocenters. The van der Waals surface area contributed by atoms with Gasteiger partial charge in [0.15, 0.2) is 5.96 Å². The molecule has 0 unspecified atom stereocenters. The smallest absolute Gasteiger partial charge is 0.305 e. The Labute approximate surface area is 156 Å². The molecule has 5 nitrogen and oxygen atoms in total. The molecule has 1 aromatic carbocycles. The van der Waals surface area contributed by atoms with E-state index < -0.39 is 0 Å². The predicted octanol–water partition coefficient (Wildman–Crippen LogP) is 3.51. The van der Waals surface area contributed by atoms with E-state index in [1.807, 2.05) is 0 Å². The van der Waals surface area contributed by atoms with E-state index in [2.05, 4.69) is 58.7 Å². The van der Waals surface area contributed by atoms with Crippen LogP contribution >= 0.6 is 11.8 Å². The summed E-state index contributed by atoms with van der Waals surface area (Å²) in [5, 5.41) is 6.64. The monoisotopic (exact) mass is 365 g/mol. The molecule has 0 aliphatic carbocycles. The number of methoxy groups -OCH3 is 1. The molecule has 25 heavy (non-hydrogen) atoms. The Bertz CT molecular complexity index is 562. The number of nitrogens with one attached hydrogen (secondary N) is 2. The van der Waals surface area contributed by atoms with Crippen molar-refractivity contribution in [3.8, 4) is 0 Å². The number of aryl methyl sites for hydroxylation is 1.